The molecule has 0 aromatic rings. The Morgan fingerprint density at radius 2 is 1.81 bits per heavy atom. The highest BCUT2D eigenvalue weighted by atomic mass is 16.2. The molecule has 1 unspecified atom stereocenters. The van der Waals surface area contributed by atoms with Crippen molar-refractivity contribution >= 4 is 0 Å². The lowest BCUT2D eigenvalue weighted by Crippen LogP contribution is -1.94. The van der Waals surface area contributed by atoms with Crippen LogP contribution in [0.1, 0.15) is 59.8 Å². The van der Waals surface area contributed by atoms with Crippen LogP contribution in [-0.4, -0.2) is 11.7 Å². The topological polar surface area (TPSA) is 20.2 Å². The van der Waals surface area contributed by atoms with Crippen LogP contribution in [0.5, 0.6) is 0 Å². The third-order valence-electron chi connectivity index (χ3n) is 2.92. The first kappa shape index (κ1) is 15.4. The van der Waals surface area contributed by atoms with Crippen molar-refractivity contribution < 1.29 is 5.11 Å². The molecule has 0 spiro atoms. The number of rotatable bonds is 8. The predicted molar refractivity (Wildman–Crippen MR) is 72.5 cm³/mol. The quantitative estimate of drug-likeness (QED) is 0.603. The van der Waals surface area contributed by atoms with Crippen LogP contribution in [0.15, 0.2) is 23.3 Å². The Morgan fingerprint density at radius 1 is 1.12 bits per heavy atom. The summed E-state index contributed by atoms with van der Waals surface area (Å²) in [6.07, 6.45) is 10.4. The fraction of sp³-hybridized carbons (Fsp3) is 0.733. The van der Waals surface area contributed by atoms with Gasteiger partial charge in [-0.15, -0.1) is 0 Å². The van der Waals surface area contributed by atoms with Gasteiger partial charge in [-0.25, -0.2) is 0 Å². The second-order valence-electron chi connectivity index (χ2n) is 5.09. The molecule has 16 heavy (non-hydrogen) atoms. The minimum absolute atomic E-state index is 0.182. The van der Waals surface area contributed by atoms with E-state index >= 15 is 0 Å². The highest BCUT2D eigenvalue weighted by Crippen LogP contribution is 2.17. The predicted octanol–water partition coefficient (Wildman–Crippen LogP) is 4.48. The van der Waals surface area contributed by atoms with Crippen molar-refractivity contribution in [3.63, 3.8) is 0 Å². The Hall–Kier alpha value is -0.560. The van der Waals surface area contributed by atoms with E-state index < -0.39 is 0 Å². The molecule has 1 heteroatoms. The molecule has 1 N–H and O–H groups in total. The van der Waals surface area contributed by atoms with Gasteiger partial charge in [0, 0.05) is 0 Å². The van der Waals surface area contributed by atoms with Crippen molar-refractivity contribution in [1.29, 1.82) is 0 Å². The molecule has 0 saturated carbocycles. The molecule has 0 fully saturated rings. The van der Waals surface area contributed by atoms with Crippen molar-refractivity contribution in [3.05, 3.63) is 23.3 Å². The zero-order chi connectivity index (χ0) is 12.4. The molecule has 0 aliphatic rings. The van der Waals surface area contributed by atoms with Crippen molar-refractivity contribution in [3.8, 4) is 0 Å². The minimum Gasteiger partial charge on any atom is -0.392 e. The first-order valence-corrected chi connectivity index (χ1v) is 6.46. The second-order valence-corrected chi connectivity index (χ2v) is 5.09. The largest absolute Gasteiger partial charge is 0.392 e. The van der Waals surface area contributed by atoms with E-state index in [0.29, 0.717) is 0 Å². The lowest BCUT2D eigenvalue weighted by molar-refractivity contribution is 0.341. The smallest absolute Gasteiger partial charge is 0.0614 e. The Balaban J connectivity index is 3.54. The second kappa shape index (κ2) is 9.65. The monoisotopic (exact) mass is 224 g/mol. The number of allylic oxidation sites excluding steroid dienone is 3. The molecule has 0 aromatic carbocycles. The Kier molecular flexibility index (Phi) is 9.31. The van der Waals surface area contributed by atoms with Crippen LogP contribution in [0.2, 0.25) is 0 Å². The van der Waals surface area contributed by atoms with Gasteiger partial charge in [0.25, 0.3) is 0 Å². The number of hydrogen-bond acceptors (Lipinski definition) is 1. The van der Waals surface area contributed by atoms with Gasteiger partial charge >= 0.3 is 0 Å². The molecule has 94 valence electrons. The molecule has 0 aliphatic heterocycles. The first-order valence-electron chi connectivity index (χ1n) is 6.46. The van der Waals surface area contributed by atoms with E-state index in [-0.39, 0.29) is 6.61 Å². The van der Waals surface area contributed by atoms with Crippen LogP contribution in [0, 0.1) is 5.92 Å². The minimum atomic E-state index is 0.182. The van der Waals surface area contributed by atoms with E-state index in [9.17, 15) is 0 Å². The molecule has 0 amide bonds. The van der Waals surface area contributed by atoms with E-state index in [2.05, 4.69) is 33.8 Å². The van der Waals surface area contributed by atoms with Crippen molar-refractivity contribution in [2.45, 2.75) is 59.8 Å². The molecule has 0 aliphatic carbocycles. The summed E-state index contributed by atoms with van der Waals surface area (Å²) in [6, 6.07) is 0. The zero-order valence-electron chi connectivity index (χ0n) is 11.4. The third kappa shape index (κ3) is 9.97. The van der Waals surface area contributed by atoms with Gasteiger partial charge in [0.05, 0.1) is 6.61 Å². The lowest BCUT2D eigenvalue weighted by Gasteiger charge is -2.10. The maximum Gasteiger partial charge on any atom is 0.0614 e. The van der Waals surface area contributed by atoms with Crippen molar-refractivity contribution in [2.24, 2.45) is 5.92 Å². The van der Waals surface area contributed by atoms with Crippen molar-refractivity contribution in [2.75, 3.05) is 6.61 Å². The molecular weight excluding hydrogens is 196 g/mol. The highest BCUT2D eigenvalue weighted by Gasteiger charge is 2.01. The van der Waals surface area contributed by atoms with E-state index in [4.69, 9.17) is 5.11 Å². The summed E-state index contributed by atoms with van der Waals surface area (Å²) in [5.41, 5.74) is 2.74. The van der Waals surface area contributed by atoms with Gasteiger partial charge in [-0.05, 0) is 52.4 Å². The van der Waals surface area contributed by atoms with E-state index in [0.717, 1.165) is 12.3 Å². The van der Waals surface area contributed by atoms with Crippen LogP contribution in [0.4, 0.5) is 0 Å². The Bertz CT molecular complexity index is 222. The Labute approximate surface area is 101 Å². The van der Waals surface area contributed by atoms with Crippen LogP contribution >= 0.6 is 0 Å². The summed E-state index contributed by atoms with van der Waals surface area (Å²) >= 11 is 0. The molecule has 0 aromatic heterocycles. The SMILES string of the molecule is CC(C)=CCCC(C)CCC/C(C)=C\CO. The van der Waals surface area contributed by atoms with Crippen LogP contribution < -0.4 is 0 Å². The number of aliphatic hydroxyl groups excluding tert-OH is 1. The fourth-order valence-electron chi connectivity index (χ4n) is 1.79. The van der Waals surface area contributed by atoms with Gasteiger partial charge < -0.3 is 5.11 Å². The molecule has 0 rings (SSSR count). The molecule has 0 saturated heterocycles. The van der Waals surface area contributed by atoms with E-state index in [1.807, 2.05) is 6.08 Å². The summed E-state index contributed by atoms with van der Waals surface area (Å²) in [5, 5.41) is 8.73. The summed E-state index contributed by atoms with van der Waals surface area (Å²) < 4.78 is 0. The lowest BCUT2D eigenvalue weighted by atomic mass is 9.97. The molecule has 0 bridgehead atoms. The normalized spacial score (nSPS) is 13.7. The highest BCUT2D eigenvalue weighted by molar-refractivity contribution is 4.97. The maximum atomic E-state index is 8.73. The average Bonchev–Trinajstić information content (AvgIpc) is 2.17. The van der Waals surface area contributed by atoms with E-state index in [1.165, 1.54) is 36.8 Å². The van der Waals surface area contributed by atoms with E-state index in [1.54, 1.807) is 0 Å². The van der Waals surface area contributed by atoms with Gasteiger partial charge in [0.1, 0.15) is 0 Å². The van der Waals surface area contributed by atoms with Gasteiger partial charge in [-0.1, -0.05) is 36.6 Å². The maximum absolute atomic E-state index is 8.73. The molecule has 0 heterocycles. The van der Waals surface area contributed by atoms with Gasteiger partial charge in [-0.3, -0.25) is 0 Å². The third-order valence-corrected chi connectivity index (χ3v) is 2.92. The first-order chi connectivity index (χ1) is 7.56. The Morgan fingerprint density at radius 3 is 2.38 bits per heavy atom. The van der Waals surface area contributed by atoms with Crippen LogP contribution in [-0.2, 0) is 0 Å². The zero-order valence-corrected chi connectivity index (χ0v) is 11.4. The van der Waals surface area contributed by atoms with Crippen molar-refractivity contribution in [1.82, 2.24) is 0 Å². The van der Waals surface area contributed by atoms with Gasteiger partial charge in [0.15, 0.2) is 0 Å². The number of hydrogen-bond donors (Lipinski definition) is 1. The summed E-state index contributed by atoms with van der Waals surface area (Å²) in [5.74, 6) is 0.817. The van der Waals surface area contributed by atoms with Crippen LogP contribution in [0.25, 0.3) is 0 Å². The molecule has 0 radical (unpaired) electrons. The van der Waals surface area contributed by atoms with Gasteiger partial charge in [0.2, 0.25) is 0 Å². The van der Waals surface area contributed by atoms with Gasteiger partial charge in [-0.2, -0.15) is 0 Å². The molecular formula is C15H28O. The molecule has 1 nitrogen and oxygen atoms in total. The average molecular weight is 224 g/mol. The van der Waals surface area contributed by atoms with Crippen LogP contribution in [0.3, 0.4) is 0 Å². The number of aliphatic hydroxyl groups is 1. The standard InChI is InChI=1S/C15H28O/c1-13(2)7-5-8-14(3)9-6-10-15(4)11-12-16/h7,11,14,16H,5-6,8-10,12H2,1-4H3/b15-11-. The summed E-state index contributed by atoms with van der Waals surface area (Å²) in [4.78, 5) is 0. The summed E-state index contributed by atoms with van der Waals surface area (Å²) in [7, 11) is 0. The molecule has 1 atom stereocenters. The summed E-state index contributed by atoms with van der Waals surface area (Å²) in [6.45, 7) is 8.94. The fourth-order valence-corrected chi connectivity index (χ4v) is 1.79.